The van der Waals surface area contributed by atoms with Crippen LogP contribution in [0.5, 0.6) is 0 Å². The number of rotatable bonds is 8. The molecule has 0 aliphatic rings. The van der Waals surface area contributed by atoms with Crippen molar-refractivity contribution in [1.82, 2.24) is 0 Å². The van der Waals surface area contributed by atoms with Gasteiger partial charge in [0.25, 0.3) is 0 Å². The first-order valence-corrected chi connectivity index (χ1v) is 6.23. The highest BCUT2D eigenvalue weighted by molar-refractivity contribution is 5.22. The van der Waals surface area contributed by atoms with Crippen molar-refractivity contribution in [1.29, 1.82) is 0 Å². The van der Waals surface area contributed by atoms with E-state index in [4.69, 9.17) is 15.2 Å². The lowest BCUT2D eigenvalue weighted by Gasteiger charge is -2.13. The third-order valence-electron chi connectivity index (χ3n) is 2.55. The van der Waals surface area contributed by atoms with Gasteiger partial charge in [-0.1, -0.05) is 24.3 Å². The lowest BCUT2D eigenvalue weighted by atomic mass is 10.1. The molecule has 96 valence electrons. The zero-order valence-electron chi connectivity index (χ0n) is 10.8. The molecule has 1 aromatic carbocycles. The summed E-state index contributed by atoms with van der Waals surface area (Å²) in [5, 5.41) is 0. The second kappa shape index (κ2) is 8.23. The summed E-state index contributed by atoms with van der Waals surface area (Å²) in [6.45, 7) is 6.74. The first-order valence-electron chi connectivity index (χ1n) is 6.23. The Bertz CT molecular complexity index is 298. The lowest BCUT2D eigenvalue weighted by molar-refractivity contribution is -0.0116. The van der Waals surface area contributed by atoms with Crippen LogP contribution >= 0.6 is 0 Å². The molecule has 0 amide bonds. The van der Waals surface area contributed by atoms with Crippen LogP contribution in [0, 0.1) is 0 Å². The minimum absolute atomic E-state index is 0.138. The van der Waals surface area contributed by atoms with Gasteiger partial charge in [-0.25, -0.2) is 0 Å². The molecule has 0 heterocycles. The number of nitrogens with two attached hydrogens (primary N) is 1. The lowest BCUT2D eigenvalue weighted by Crippen LogP contribution is -2.15. The molecule has 1 atom stereocenters. The van der Waals surface area contributed by atoms with Crippen molar-refractivity contribution >= 4 is 0 Å². The van der Waals surface area contributed by atoms with Crippen molar-refractivity contribution < 1.29 is 9.47 Å². The fourth-order valence-electron chi connectivity index (χ4n) is 1.54. The average molecular weight is 237 g/mol. The largest absolute Gasteiger partial charge is 0.379 e. The molecule has 0 aliphatic heterocycles. The number of hydrogen-bond acceptors (Lipinski definition) is 3. The van der Waals surface area contributed by atoms with E-state index in [0.29, 0.717) is 19.8 Å². The molecule has 1 rings (SSSR count). The van der Waals surface area contributed by atoms with Crippen LogP contribution in [0.2, 0.25) is 0 Å². The predicted molar refractivity (Wildman–Crippen MR) is 69.9 cm³/mol. The van der Waals surface area contributed by atoms with E-state index < -0.39 is 0 Å². The normalized spacial score (nSPS) is 12.6. The maximum atomic E-state index is 5.68. The highest BCUT2D eigenvalue weighted by Gasteiger charge is 2.02. The van der Waals surface area contributed by atoms with E-state index in [9.17, 15) is 0 Å². The van der Waals surface area contributed by atoms with Crippen LogP contribution in [0.3, 0.4) is 0 Å². The summed E-state index contributed by atoms with van der Waals surface area (Å²) >= 11 is 0. The van der Waals surface area contributed by atoms with E-state index in [1.807, 2.05) is 13.8 Å². The minimum atomic E-state index is 0.138. The standard InChI is InChI=1S/C14H23NO2/c1-3-16-10-12(2)17-11-14-6-4-13(5-7-14)8-9-15/h4-7,12H,3,8-11,15H2,1-2H3. The topological polar surface area (TPSA) is 44.5 Å². The first kappa shape index (κ1) is 14.2. The van der Waals surface area contributed by atoms with E-state index in [-0.39, 0.29) is 6.10 Å². The molecule has 3 heteroatoms. The molecule has 1 unspecified atom stereocenters. The third kappa shape index (κ3) is 5.82. The van der Waals surface area contributed by atoms with E-state index in [0.717, 1.165) is 13.0 Å². The SMILES string of the molecule is CCOCC(C)OCc1ccc(CCN)cc1. The fraction of sp³-hybridized carbons (Fsp3) is 0.571. The Morgan fingerprint density at radius 1 is 1.18 bits per heavy atom. The Morgan fingerprint density at radius 2 is 1.82 bits per heavy atom. The molecule has 0 spiro atoms. The third-order valence-corrected chi connectivity index (χ3v) is 2.55. The zero-order valence-corrected chi connectivity index (χ0v) is 10.8. The van der Waals surface area contributed by atoms with Crippen LogP contribution in [0.4, 0.5) is 0 Å². The Kier molecular flexibility index (Phi) is 6.86. The second-order valence-electron chi connectivity index (χ2n) is 4.14. The molecule has 0 aliphatic carbocycles. The molecule has 0 fully saturated rings. The maximum Gasteiger partial charge on any atom is 0.0785 e. The van der Waals surface area contributed by atoms with Crippen LogP contribution in [0.15, 0.2) is 24.3 Å². The van der Waals surface area contributed by atoms with Gasteiger partial charge in [-0.2, -0.15) is 0 Å². The summed E-state index contributed by atoms with van der Waals surface area (Å²) in [5.41, 5.74) is 7.97. The van der Waals surface area contributed by atoms with Crippen molar-refractivity contribution in [2.45, 2.75) is 33.0 Å². The summed E-state index contributed by atoms with van der Waals surface area (Å²) in [5.74, 6) is 0. The van der Waals surface area contributed by atoms with Crippen molar-refractivity contribution in [2.24, 2.45) is 5.73 Å². The molecule has 0 radical (unpaired) electrons. The molecule has 0 bridgehead atoms. The minimum Gasteiger partial charge on any atom is -0.379 e. The quantitative estimate of drug-likeness (QED) is 0.753. The number of hydrogen-bond donors (Lipinski definition) is 1. The van der Waals surface area contributed by atoms with Gasteiger partial charge in [-0.3, -0.25) is 0 Å². The summed E-state index contributed by atoms with van der Waals surface area (Å²) < 4.78 is 11.0. The molecule has 1 aromatic rings. The van der Waals surface area contributed by atoms with Gasteiger partial charge in [0.2, 0.25) is 0 Å². The van der Waals surface area contributed by atoms with Crippen LogP contribution in [0.1, 0.15) is 25.0 Å². The smallest absolute Gasteiger partial charge is 0.0785 e. The molecular formula is C14H23NO2. The molecule has 0 saturated carbocycles. The van der Waals surface area contributed by atoms with Gasteiger partial charge < -0.3 is 15.2 Å². The summed E-state index contributed by atoms with van der Waals surface area (Å²) in [7, 11) is 0. The molecular weight excluding hydrogens is 214 g/mol. The molecule has 0 aromatic heterocycles. The van der Waals surface area contributed by atoms with Gasteiger partial charge in [0, 0.05) is 6.61 Å². The van der Waals surface area contributed by atoms with Gasteiger partial charge in [0.05, 0.1) is 19.3 Å². The van der Waals surface area contributed by atoms with Crippen molar-refractivity contribution in [3.8, 4) is 0 Å². The number of benzene rings is 1. The van der Waals surface area contributed by atoms with Gasteiger partial charge in [-0.05, 0) is 37.9 Å². The zero-order chi connectivity index (χ0) is 12.5. The Balaban J connectivity index is 2.31. The van der Waals surface area contributed by atoms with Gasteiger partial charge in [0.1, 0.15) is 0 Å². The average Bonchev–Trinajstić information content (AvgIpc) is 2.36. The second-order valence-corrected chi connectivity index (χ2v) is 4.14. The van der Waals surface area contributed by atoms with E-state index in [1.54, 1.807) is 0 Å². The summed E-state index contributed by atoms with van der Waals surface area (Å²) in [6, 6.07) is 8.41. The van der Waals surface area contributed by atoms with E-state index >= 15 is 0 Å². The van der Waals surface area contributed by atoms with Crippen molar-refractivity contribution in [3.63, 3.8) is 0 Å². The van der Waals surface area contributed by atoms with E-state index in [1.165, 1.54) is 11.1 Å². The molecule has 0 saturated heterocycles. The summed E-state index contributed by atoms with van der Waals surface area (Å²) in [4.78, 5) is 0. The van der Waals surface area contributed by atoms with Crippen LogP contribution in [-0.4, -0.2) is 25.9 Å². The first-order chi connectivity index (χ1) is 8.26. The monoisotopic (exact) mass is 237 g/mol. The Hall–Kier alpha value is -0.900. The van der Waals surface area contributed by atoms with Crippen LogP contribution in [0.25, 0.3) is 0 Å². The van der Waals surface area contributed by atoms with Gasteiger partial charge >= 0.3 is 0 Å². The molecule has 17 heavy (non-hydrogen) atoms. The number of ether oxygens (including phenoxy) is 2. The van der Waals surface area contributed by atoms with Crippen LogP contribution < -0.4 is 5.73 Å². The Labute approximate surface area is 104 Å². The highest BCUT2D eigenvalue weighted by atomic mass is 16.5. The Morgan fingerprint density at radius 3 is 2.41 bits per heavy atom. The van der Waals surface area contributed by atoms with Crippen molar-refractivity contribution in [3.05, 3.63) is 35.4 Å². The summed E-state index contributed by atoms with van der Waals surface area (Å²) in [6.07, 6.45) is 1.07. The van der Waals surface area contributed by atoms with Crippen molar-refractivity contribution in [2.75, 3.05) is 19.8 Å². The molecule has 3 nitrogen and oxygen atoms in total. The highest BCUT2D eigenvalue weighted by Crippen LogP contribution is 2.07. The molecule has 2 N–H and O–H groups in total. The van der Waals surface area contributed by atoms with Gasteiger partial charge in [-0.15, -0.1) is 0 Å². The predicted octanol–water partition coefficient (Wildman–Crippen LogP) is 2.13. The fourth-order valence-corrected chi connectivity index (χ4v) is 1.54. The maximum absolute atomic E-state index is 5.68. The van der Waals surface area contributed by atoms with Gasteiger partial charge in [0.15, 0.2) is 0 Å². The van der Waals surface area contributed by atoms with Crippen LogP contribution in [-0.2, 0) is 22.5 Å². The van der Waals surface area contributed by atoms with E-state index in [2.05, 4.69) is 24.3 Å².